The molecule has 1 aliphatic carbocycles. The predicted molar refractivity (Wildman–Crippen MR) is 83.0 cm³/mol. The van der Waals surface area contributed by atoms with E-state index in [9.17, 15) is 0 Å². The van der Waals surface area contributed by atoms with E-state index in [0.717, 1.165) is 40.4 Å². The first-order valence-electron chi connectivity index (χ1n) is 7.27. The Morgan fingerprint density at radius 1 is 1.19 bits per heavy atom. The molecule has 5 heteroatoms. The molecule has 5 nitrogen and oxygen atoms in total. The fraction of sp³-hybridized carbons (Fsp3) is 0.312. The number of pyridine rings is 2. The smallest absolute Gasteiger partial charge is 0.126 e. The second-order valence-corrected chi connectivity index (χ2v) is 5.69. The maximum absolute atomic E-state index is 4.67. The molecule has 1 fully saturated rings. The van der Waals surface area contributed by atoms with Crippen LogP contribution >= 0.6 is 0 Å². The van der Waals surface area contributed by atoms with Crippen molar-refractivity contribution >= 4 is 16.9 Å². The summed E-state index contributed by atoms with van der Waals surface area (Å²) in [6, 6.07) is 6.09. The van der Waals surface area contributed by atoms with E-state index < -0.39 is 0 Å². The summed E-state index contributed by atoms with van der Waals surface area (Å²) in [5.41, 5.74) is 3.93. The van der Waals surface area contributed by atoms with Crippen molar-refractivity contribution in [2.24, 2.45) is 13.0 Å². The Bertz CT molecular complexity index is 788. The molecule has 1 aliphatic rings. The first-order chi connectivity index (χ1) is 10.3. The van der Waals surface area contributed by atoms with Crippen LogP contribution in [-0.4, -0.2) is 26.3 Å². The van der Waals surface area contributed by atoms with E-state index in [4.69, 9.17) is 0 Å². The Balaban J connectivity index is 1.67. The minimum atomic E-state index is 0.836. The average Bonchev–Trinajstić information content (AvgIpc) is 3.24. The van der Waals surface area contributed by atoms with Crippen LogP contribution in [0.1, 0.15) is 12.8 Å². The van der Waals surface area contributed by atoms with Gasteiger partial charge in [-0.05, 0) is 37.0 Å². The lowest BCUT2D eigenvalue weighted by Crippen LogP contribution is -2.04. The first kappa shape index (κ1) is 12.3. The summed E-state index contributed by atoms with van der Waals surface area (Å²) in [4.78, 5) is 9.16. The van der Waals surface area contributed by atoms with Crippen molar-refractivity contribution in [2.45, 2.75) is 12.8 Å². The van der Waals surface area contributed by atoms with Crippen molar-refractivity contribution in [3.8, 4) is 11.1 Å². The van der Waals surface area contributed by atoms with E-state index in [1.165, 1.54) is 12.8 Å². The summed E-state index contributed by atoms with van der Waals surface area (Å²) in [5, 5.41) is 7.61. The molecule has 3 aromatic heterocycles. The fourth-order valence-electron chi connectivity index (χ4n) is 2.40. The van der Waals surface area contributed by atoms with Crippen LogP contribution in [-0.2, 0) is 7.05 Å². The van der Waals surface area contributed by atoms with Crippen molar-refractivity contribution < 1.29 is 0 Å². The Morgan fingerprint density at radius 2 is 2.10 bits per heavy atom. The van der Waals surface area contributed by atoms with Crippen LogP contribution in [0.4, 0.5) is 5.82 Å². The minimum absolute atomic E-state index is 0.836. The molecule has 0 saturated heterocycles. The quantitative estimate of drug-likeness (QED) is 0.798. The van der Waals surface area contributed by atoms with Gasteiger partial charge in [-0.3, -0.25) is 9.67 Å². The Morgan fingerprint density at radius 3 is 2.86 bits per heavy atom. The first-order valence-corrected chi connectivity index (χ1v) is 7.27. The van der Waals surface area contributed by atoms with Gasteiger partial charge in [-0.25, -0.2) is 4.98 Å². The Labute approximate surface area is 123 Å². The van der Waals surface area contributed by atoms with Gasteiger partial charge in [-0.2, -0.15) is 5.10 Å². The van der Waals surface area contributed by atoms with E-state index in [1.807, 2.05) is 37.8 Å². The third kappa shape index (κ3) is 2.59. The fourth-order valence-corrected chi connectivity index (χ4v) is 2.40. The molecule has 4 rings (SSSR count). The summed E-state index contributed by atoms with van der Waals surface area (Å²) in [6.07, 6.45) is 8.38. The molecule has 3 heterocycles. The molecule has 21 heavy (non-hydrogen) atoms. The standard InChI is InChI=1S/C16H17N5/c1-21-10-13(9-19-21)12-6-15-14(17-8-12)4-5-16(20-15)18-7-11-2-3-11/h4-6,8-11H,2-3,7H2,1H3,(H,18,20). The van der Waals surface area contributed by atoms with Crippen molar-refractivity contribution in [1.82, 2.24) is 19.7 Å². The van der Waals surface area contributed by atoms with Gasteiger partial charge in [-0.15, -0.1) is 0 Å². The van der Waals surface area contributed by atoms with Gasteiger partial charge in [0, 0.05) is 37.1 Å². The SMILES string of the molecule is Cn1cc(-c2cnc3ccc(NCC4CC4)nc3c2)cn1. The lowest BCUT2D eigenvalue weighted by molar-refractivity contribution is 0.768. The van der Waals surface area contributed by atoms with Gasteiger partial charge in [0.15, 0.2) is 0 Å². The highest BCUT2D eigenvalue weighted by atomic mass is 15.2. The van der Waals surface area contributed by atoms with Gasteiger partial charge in [0.1, 0.15) is 5.82 Å². The number of hydrogen-bond donors (Lipinski definition) is 1. The van der Waals surface area contributed by atoms with Crippen LogP contribution in [0.25, 0.3) is 22.2 Å². The molecular formula is C16H17N5. The summed E-state index contributed by atoms with van der Waals surface area (Å²) < 4.78 is 1.79. The van der Waals surface area contributed by atoms with Crippen LogP contribution in [0.3, 0.4) is 0 Å². The third-order valence-electron chi connectivity index (χ3n) is 3.84. The van der Waals surface area contributed by atoms with Crippen LogP contribution < -0.4 is 5.32 Å². The van der Waals surface area contributed by atoms with Crippen molar-refractivity contribution in [3.63, 3.8) is 0 Å². The number of aryl methyl sites for hydroxylation is 1. The molecule has 106 valence electrons. The minimum Gasteiger partial charge on any atom is -0.370 e. The van der Waals surface area contributed by atoms with Crippen LogP contribution in [0, 0.1) is 5.92 Å². The van der Waals surface area contributed by atoms with Gasteiger partial charge in [-0.1, -0.05) is 0 Å². The normalized spacial score (nSPS) is 14.5. The maximum Gasteiger partial charge on any atom is 0.126 e. The van der Waals surface area contributed by atoms with Gasteiger partial charge in [0.2, 0.25) is 0 Å². The molecule has 3 aromatic rings. The Hall–Kier alpha value is -2.43. The lowest BCUT2D eigenvalue weighted by atomic mass is 10.1. The average molecular weight is 279 g/mol. The molecule has 1 N–H and O–H groups in total. The number of anilines is 1. The molecular weight excluding hydrogens is 262 g/mol. The van der Waals surface area contributed by atoms with E-state index in [1.54, 1.807) is 4.68 Å². The van der Waals surface area contributed by atoms with Crippen molar-refractivity contribution in [2.75, 3.05) is 11.9 Å². The van der Waals surface area contributed by atoms with Crippen LogP contribution in [0.2, 0.25) is 0 Å². The summed E-state index contributed by atoms with van der Waals surface area (Å²) in [5.74, 6) is 1.77. The van der Waals surface area contributed by atoms with E-state index >= 15 is 0 Å². The monoisotopic (exact) mass is 279 g/mol. The number of nitrogens with zero attached hydrogens (tertiary/aromatic N) is 4. The molecule has 0 aliphatic heterocycles. The predicted octanol–water partition coefficient (Wildman–Crippen LogP) is 2.85. The summed E-state index contributed by atoms with van der Waals surface area (Å²) >= 11 is 0. The molecule has 0 aromatic carbocycles. The zero-order valence-corrected chi connectivity index (χ0v) is 12.0. The zero-order chi connectivity index (χ0) is 14.2. The van der Waals surface area contributed by atoms with Crippen LogP contribution in [0.15, 0.2) is 36.8 Å². The van der Waals surface area contributed by atoms with Crippen LogP contribution in [0.5, 0.6) is 0 Å². The second kappa shape index (κ2) is 4.84. The molecule has 0 atom stereocenters. The zero-order valence-electron chi connectivity index (χ0n) is 12.0. The molecule has 0 radical (unpaired) electrons. The number of hydrogen-bond acceptors (Lipinski definition) is 4. The molecule has 0 bridgehead atoms. The van der Waals surface area contributed by atoms with Gasteiger partial charge >= 0.3 is 0 Å². The molecule has 0 amide bonds. The van der Waals surface area contributed by atoms with E-state index in [-0.39, 0.29) is 0 Å². The number of fused-ring (bicyclic) bond motifs is 1. The number of rotatable bonds is 4. The second-order valence-electron chi connectivity index (χ2n) is 5.69. The summed E-state index contributed by atoms with van der Waals surface area (Å²) in [7, 11) is 1.91. The topological polar surface area (TPSA) is 55.6 Å². The van der Waals surface area contributed by atoms with Gasteiger partial charge in [0.25, 0.3) is 0 Å². The summed E-state index contributed by atoms with van der Waals surface area (Å²) in [6.45, 7) is 1.02. The largest absolute Gasteiger partial charge is 0.370 e. The lowest BCUT2D eigenvalue weighted by Gasteiger charge is -2.06. The highest BCUT2D eigenvalue weighted by Crippen LogP contribution is 2.29. The molecule has 1 saturated carbocycles. The highest BCUT2D eigenvalue weighted by Gasteiger charge is 2.20. The van der Waals surface area contributed by atoms with E-state index in [2.05, 4.69) is 26.4 Å². The van der Waals surface area contributed by atoms with Crippen molar-refractivity contribution in [3.05, 3.63) is 36.8 Å². The maximum atomic E-state index is 4.67. The number of aromatic nitrogens is 4. The molecule has 0 spiro atoms. The van der Waals surface area contributed by atoms with Gasteiger partial charge in [0.05, 0.1) is 17.2 Å². The van der Waals surface area contributed by atoms with Crippen molar-refractivity contribution in [1.29, 1.82) is 0 Å². The van der Waals surface area contributed by atoms with E-state index in [0.29, 0.717) is 0 Å². The van der Waals surface area contributed by atoms with Gasteiger partial charge < -0.3 is 5.32 Å². The number of nitrogens with one attached hydrogen (secondary N) is 1. The third-order valence-corrected chi connectivity index (χ3v) is 3.84. The highest BCUT2D eigenvalue weighted by molar-refractivity contribution is 5.81. The molecule has 0 unspecified atom stereocenters. The Kier molecular flexibility index (Phi) is 2.84.